The first-order chi connectivity index (χ1) is 10.1. The van der Waals surface area contributed by atoms with Crippen molar-refractivity contribution in [2.75, 3.05) is 31.3 Å². The van der Waals surface area contributed by atoms with E-state index in [1.807, 2.05) is 31.1 Å². The van der Waals surface area contributed by atoms with Crippen LogP contribution in [0.3, 0.4) is 0 Å². The molecule has 1 aromatic carbocycles. The summed E-state index contributed by atoms with van der Waals surface area (Å²) >= 11 is 0. The highest BCUT2D eigenvalue weighted by Crippen LogP contribution is 2.48. The van der Waals surface area contributed by atoms with Crippen molar-refractivity contribution in [3.8, 4) is 0 Å². The molecule has 2 aliphatic carbocycles. The molecule has 2 aliphatic rings. The minimum Gasteiger partial charge on any atom is -0.397 e. The van der Waals surface area contributed by atoms with Gasteiger partial charge in [-0.1, -0.05) is 0 Å². The maximum atomic E-state index is 12.3. The molecule has 0 atom stereocenters. The number of carbonyl (C=O) groups excluding carboxylic acids is 1. The van der Waals surface area contributed by atoms with Gasteiger partial charge >= 0.3 is 0 Å². The van der Waals surface area contributed by atoms with E-state index < -0.39 is 0 Å². The van der Waals surface area contributed by atoms with Gasteiger partial charge in [-0.3, -0.25) is 4.79 Å². The van der Waals surface area contributed by atoms with Crippen molar-refractivity contribution in [2.24, 2.45) is 17.8 Å². The summed E-state index contributed by atoms with van der Waals surface area (Å²) in [6.45, 7) is 0.823. The van der Waals surface area contributed by atoms with Gasteiger partial charge in [-0.05, 0) is 61.6 Å². The quantitative estimate of drug-likeness (QED) is 0.790. The van der Waals surface area contributed by atoms with E-state index in [1.54, 1.807) is 6.07 Å². The summed E-state index contributed by atoms with van der Waals surface area (Å²) < 4.78 is 0. The van der Waals surface area contributed by atoms with Crippen molar-refractivity contribution >= 4 is 17.3 Å². The molecule has 0 saturated heterocycles. The van der Waals surface area contributed by atoms with Crippen molar-refractivity contribution in [3.63, 3.8) is 0 Å². The first kappa shape index (κ1) is 14.2. The lowest BCUT2D eigenvalue weighted by molar-refractivity contribution is 0.0943. The minimum absolute atomic E-state index is 0.00157. The lowest BCUT2D eigenvalue weighted by Gasteiger charge is -2.18. The number of hydrogen-bond donors (Lipinski definition) is 2. The van der Waals surface area contributed by atoms with Crippen LogP contribution in [0.2, 0.25) is 0 Å². The second kappa shape index (κ2) is 5.58. The van der Waals surface area contributed by atoms with E-state index >= 15 is 0 Å². The molecule has 0 bridgehead atoms. The highest BCUT2D eigenvalue weighted by Gasteiger charge is 2.41. The Labute approximate surface area is 126 Å². The molecule has 2 saturated carbocycles. The molecule has 0 heterocycles. The molecular weight excluding hydrogens is 262 g/mol. The summed E-state index contributed by atoms with van der Waals surface area (Å²) in [5.74, 6) is 2.42. The van der Waals surface area contributed by atoms with Crippen molar-refractivity contribution in [3.05, 3.63) is 23.8 Å². The van der Waals surface area contributed by atoms with Gasteiger partial charge in [0.25, 0.3) is 5.91 Å². The normalized spacial score (nSPS) is 17.9. The first-order valence-corrected chi connectivity index (χ1v) is 7.91. The second-order valence-electron chi connectivity index (χ2n) is 6.72. The monoisotopic (exact) mass is 287 g/mol. The Bertz CT molecular complexity index is 521. The number of carbonyl (C=O) groups is 1. The SMILES string of the molecule is CN(C)c1ccc(C(=O)NCC(C2CC2)C2CC2)cc1N. The predicted octanol–water partition coefficient (Wildman–Crippen LogP) is 2.50. The average molecular weight is 287 g/mol. The predicted molar refractivity (Wildman–Crippen MR) is 86.5 cm³/mol. The number of nitrogen functional groups attached to an aromatic ring is 1. The summed E-state index contributed by atoms with van der Waals surface area (Å²) in [7, 11) is 3.89. The molecule has 4 nitrogen and oxygen atoms in total. The molecule has 0 aliphatic heterocycles. The number of anilines is 2. The van der Waals surface area contributed by atoms with Crippen LogP contribution in [-0.4, -0.2) is 26.5 Å². The van der Waals surface area contributed by atoms with Crippen LogP contribution in [0.5, 0.6) is 0 Å². The number of nitrogens with one attached hydrogen (secondary N) is 1. The third-order valence-corrected chi connectivity index (χ3v) is 4.72. The zero-order valence-electron chi connectivity index (χ0n) is 12.9. The Morgan fingerprint density at radius 2 is 1.90 bits per heavy atom. The van der Waals surface area contributed by atoms with E-state index in [4.69, 9.17) is 5.73 Å². The first-order valence-electron chi connectivity index (χ1n) is 7.91. The topological polar surface area (TPSA) is 58.4 Å². The van der Waals surface area contributed by atoms with Crippen LogP contribution in [0.1, 0.15) is 36.0 Å². The highest BCUT2D eigenvalue weighted by atomic mass is 16.1. The Balaban J connectivity index is 1.60. The van der Waals surface area contributed by atoms with Crippen LogP contribution in [0.25, 0.3) is 0 Å². The fourth-order valence-electron chi connectivity index (χ4n) is 3.18. The molecule has 3 N–H and O–H groups in total. The van der Waals surface area contributed by atoms with E-state index in [9.17, 15) is 4.79 Å². The van der Waals surface area contributed by atoms with Crippen LogP contribution in [0.4, 0.5) is 11.4 Å². The van der Waals surface area contributed by atoms with Crippen molar-refractivity contribution in [1.29, 1.82) is 0 Å². The average Bonchev–Trinajstić information content (AvgIpc) is 3.31. The lowest BCUT2D eigenvalue weighted by Crippen LogP contribution is -2.31. The number of benzene rings is 1. The summed E-state index contributed by atoms with van der Waals surface area (Å²) in [5.41, 5.74) is 8.26. The molecule has 0 unspecified atom stereocenters. The third kappa shape index (κ3) is 3.31. The van der Waals surface area contributed by atoms with Crippen LogP contribution in [0.15, 0.2) is 18.2 Å². The Morgan fingerprint density at radius 1 is 1.29 bits per heavy atom. The van der Waals surface area contributed by atoms with E-state index in [1.165, 1.54) is 25.7 Å². The molecule has 0 radical (unpaired) electrons. The second-order valence-corrected chi connectivity index (χ2v) is 6.72. The number of nitrogens with zero attached hydrogens (tertiary/aromatic N) is 1. The van der Waals surface area contributed by atoms with Gasteiger partial charge in [-0.2, -0.15) is 0 Å². The van der Waals surface area contributed by atoms with Crippen molar-refractivity contribution < 1.29 is 4.79 Å². The zero-order chi connectivity index (χ0) is 15.0. The number of nitrogens with two attached hydrogens (primary N) is 1. The van der Waals surface area contributed by atoms with E-state index in [0.29, 0.717) is 17.2 Å². The summed E-state index contributed by atoms with van der Waals surface area (Å²) in [5, 5.41) is 3.11. The maximum Gasteiger partial charge on any atom is 0.251 e. The maximum absolute atomic E-state index is 12.3. The van der Waals surface area contributed by atoms with Crippen LogP contribution >= 0.6 is 0 Å². The molecule has 21 heavy (non-hydrogen) atoms. The molecule has 3 rings (SSSR count). The number of hydrogen-bond acceptors (Lipinski definition) is 3. The standard InChI is InChI=1S/C17H25N3O/c1-20(2)16-8-7-13(9-15(16)18)17(21)19-10-14(11-3-4-11)12-5-6-12/h7-9,11-12,14H,3-6,10,18H2,1-2H3,(H,19,21). The van der Waals surface area contributed by atoms with Gasteiger partial charge in [0, 0.05) is 26.2 Å². The van der Waals surface area contributed by atoms with Crippen LogP contribution in [-0.2, 0) is 0 Å². The van der Waals surface area contributed by atoms with Gasteiger partial charge < -0.3 is 16.0 Å². The molecule has 0 aromatic heterocycles. The van der Waals surface area contributed by atoms with E-state index in [-0.39, 0.29) is 5.91 Å². The van der Waals surface area contributed by atoms with E-state index in [2.05, 4.69) is 5.32 Å². The third-order valence-electron chi connectivity index (χ3n) is 4.72. The molecule has 0 spiro atoms. The fraction of sp³-hybridized carbons (Fsp3) is 0.588. The van der Waals surface area contributed by atoms with Gasteiger partial charge in [-0.15, -0.1) is 0 Å². The van der Waals surface area contributed by atoms with Gasteiger partial charge in [0.2, 0.25) is 0 Å². The van der Waals surface area contributed by atoms with Gasteiger partial charge in [0.05, 0.1) is 11.4 Å². The number of rotatable bonds is 6. The van der Waals surface area contributed by atoms with Crippen molar-refractivity contribution in [1.82, 2.24) is 5.32 Å². The van der Waals surface area contributed by atoms with Gasteiger partial charge in [0.1, 0.15) is 0 Å². The summed E-state index contributed by atoms with van der Waals surface area (Å²) in [6.07, 6.45) is 5.39. The van der Waals surface area contributed by atoms with Crippen molar-refractivity contribution in [2.45, 2.75) is 25.7 Å². The fourth-order valence-corrected chi connectivity index (χ4v) is 3.18. The summed E-state index contributed by atoms with van der Waals surface area (Å²) in [6, 6.07) is 5.53. The molecule has 114 valence electrons. The van der Waals surface area contributed by atoms with Crippen LogP contribution in [0, 0.1) is 17.8 Å². The van der Waals surface area contributed by atoms with E-state index in [0.717, 1.165) is 24.1 Å². The molecular formula is C17H25N3O. The van der Waals surface area contributed by atoms with Gasteiger partial charge in [-0.25, -0.2) is 0 Å². The molecule has 2 fully saturated rings. The van der Waals surface area contributed by atoms with Gasteiger partial charge in [0.15, 0.2) is 0 Å². The Hall–Kier alpha value is -1.71. The highest BCUT2D eigenvalue weighted by molar-refractivity contribution is 5.96. The smallest absolute Gasteiger partial charge is 0.251 e. The largest absolute Gasteiger partial charge is 0.397 e. The van der Waals surface area contributed by atoms with Crippen LogP contribution < -0.4 is 16.0 Å². The molecule has 1 amide bonds. The molecule has 4 heteroatoms. The Morgan fingerprint density at radius 3 is 2.38 bits per heavy atom. The minimum atomic E-state index is -0.00157. The zero-order valence-corrected chi connectivity index (χ0v) is 12.9. The molecule has 1 aromatic rings. The lowest BCUT2D eigenvalue weighted by atomic mass is 9.98. The number of amides is 1. The summed E-state index contributed by atoms with van der Waals surface area (Å²) in [4.78, 5) is 14.2. The Kier molecular flexibility index (Phi) is 3.79.